The Bertz CT molecular complexity index is 1400. The molecule has 178 valence electrons. The van der Waals surface area contributed by atoms with E-state index in [1.807, 2.05) is 18.2 Å². The molecule has 35 heavy (non-hydrogen) atoms. The molecule has 1 saturated heterocycles. The molecule has 0 unspecified atom stereocenters. The van der Waals surface area contributed by atoms with Crippen LogP contribution in [0.1, 0.15) is 45.5 Å². The standard InChI is InChI=1S/C27H27N3O3S.Sn/c1-34(32,33)23-11-13-30(14-12-23)18-21-9-7-20(8-10-21)15-24(22-5-3-2-4-6-22)25-16-29-17-27(28)26(25)19-31;/h2-10,17,19,23H,11-14,18,28H2,1H3;. The van der Waals surface area contributed by atoms with Crippen molar-refractivity contribution < 1.29 is 13.2 Å². The Morgan fingerprint density at radius 2 is 1.74 bits per heavy atom. The van der Waals surface area contributed by atoms with Crippen molar-refractivity contribution in [2.45, 2.75) is 24.6 Å². The van der Waals surface area contributed by atoms with Gasteiger partial charge in [-0.1, -0.05) is 0 Å². The number of rotatable bonds is 6. The molecule has 2 N–H and O–H groups in total. The van der Waals surface area contributed by atoms with Gasteiger partial charge in [-0.2, -0.15) is 0 Å². The average Bonchev–Trinajstić information content (AvgIpc) is 3.24. The van der Waals surface area contributed by atoms with Gasteiger partial charge in [0.15, 0.2) is 0 Å². The molecule has 3 heterocycles. The number of nitrogens with zero attached hydrogens (tertiary/aromatic N) is 2. The monoisotopic (exact) mass is 593 g/mol. The summed E-state index contributed by atoms with van der Waals surface area (Å²) in [5.74, 6) is 0. The fraction of sp³-hybridized carbons (Fsp3) is 0.259. The van der Waals surface area contributed by atoms with Crippen molar-refractivity contribution in [1.82, 2.24) is 9.88 Å². The summed E-state index contributed by atoms with van der Waals surface area (Å²) in [6, 6.07) is 18.9. The second kappa shape index (κ2) is 9.87. The summed E-state index contributed by atoms with van der Waals surface area (Å²) in [4.78, 5) is 18.9. The van der Waals surface area contributed by atoms with Crippen LogP contribution in [0.4, 0.5) is 5.69 Å². The van der Waals surface area contributed by atoms with Crippen LogP contribution >= 0.6 is 0 Å². The van der Waals surface area contributed by atoms with Crippen LogP contribution in [-0.4, -0.2) is 70.3 Å². The second-order valence-corrected chi connectivity index (χ2v) is 15.0. The first-order valence-corrected chi connectivity index (χ1v) is 16.5. The van der Waals surface area contributed by atoms with Crippen molar-refractivity contribution in [2.24, 2.45) is 0 Å². The predicted octanol–water partition coefficient (Wildman–Crippen LogP) is 2.75. The minimum atomic E-state index is -2.96. The number of aromatic nitrogens is 1. The first-order valence-electron chi connectivity index (χ1n) is 11.7. The zero-order valence-corrected chi connectivity index (χ0v) is 23.2. The molecule has 0 spiro atoms. The number of nitrogens with two attached hydrogens (primary N) is 1. The molecule has 0 aliphatic carbocycles. The van der Waals surface area contributed by atoms with Crippen LogP contribution in [0.3, 0.4) is 0 Å². The van der Waals surface area contributed by atoms with Gasteiger partial charge in [-0.05, 0) is 0 Å². The zero-order chi connectivity index (χ0) is 24.6. The number of benzene rings is 2. The summed E-state index contributed by atoms with van der Waals surface area (Å²) in [5.41, 5.74) is 12.6. The van der Waals surface area contributed by atoms with Crippen molar-refractivity contribution >= 4 is 55.8 Å². The molecule has 5 rings (SSSR count). The van der Waals surface area contributed by atoms with E-state index in [2.05, 4.69) is 46.3 Å². The Labute approximate surface area is 216 Å². The first kappa shape index (κ1) is 24.2. The Balaban J connectivity index is 1.44. The molecule has 1 fully saturated rings. The number of hydrogen-bond donors (Lipinski definition) is 1. The van der Waals surface area contributed by atoms with E-state index in [1.165, 1.54) is 21.0 Å². The van der Waals surface area contributed by atoms with Crippen molar-refractivity contribution in [2.75, 3.05) is 25.1 Å². The number of hydrogen-bond acceptors (Lipinski definition) is 6. The molecule has 2 aromatic carbocycles. The molecule has 1 aromatic heterocycles. The van der Waals surface area contributed by atoms with Gasteiger partial charge in [0.1, 0.15) is 0 Å². The van der Waals surface area contributed by atoms with Crippen LogP contribution in [0.5, 0.6) is 0 Å². The third kappa shape index (κ3) is 4.94. The SMILES string of the molecule is CS(=O)(=O)C1CCN(Cc2ccc([C]3=C(c4ccccc4)c4[c](ncc(N)c4C=O)[Sn]3)cc2)CC1. The Kier molecular flexibility index (Phi) is 6.83. The van der Waals surface area contributed by atoms with E-state index in [-0.39, 0.29) is 5.25 Å². The van der Waals surface area contributed by atoms with Crippen molar-refractivity contribution in [1.29, 1.82) is 0 Å². The number of sulfone groups is 1. The van der Waals surface area contributed by atoms with Crippen LogP contribution in [-0.2, 0) is 16.4 Å². The Morgan fingerprint density at radius 1 is 1.06 bits per heavy atom. The fourth-order valence-electron chi connectivity index (χ4n) is 4.96. The van der Waals surface area contributed by atoms with E-state index < -0.39 is 31.0 Å². The molecule has 0 atom stereocenters. The van der Waals surface area contributed by atoms with Crippen molar-refractivity contribution in [3.05, 3.63) is 88.6 Å². The summed E-state index contributed by atoms with van der Waals surface area (Å²) in [6.45, 7) is 2.41. The van der Waals surface area contributed by atoms with Crippen molar-refractivity contribution in [3.63, 3.8) is 0 Å². The molecule has 8 heteroatoms. The summed E-state index contributed by atoms with van der Waals surface area (Å²) < 4.78 is 26.0. The molecule has 3 aromatic rings. The Morgan fingerprint density at radius 3 is 2.37 bits per heavy atom. The maximum absolute atomic E-state index is 12.0. The molecular formula is C27H27N3O3SSn. The summed E-state index contributed by atoms with van der Waals surface area (Å²) >= 11 is -1.25. The van der Waals surface area contributed by atoms with E-state index in [4.69, 9.17) is 5.73 Å². The number of nitrogen functional groups attached to an aromatic ring is 1. The second-order valence-electron chi connectivity index (χ2n) is 9.21. The summed E-state index contributed by atoms with van der Waals surface area (Å²) in [6.07, 6.45) is 5.22. The average molecular weight is 592 g/mol. The van der Waals surface area contributed by atoms with E-state index in [0.717, 1.165) is 46.3 Å². The van der Waals surface area contributed by atoms with E-state index >= 15 is 0 Å². The molecule has 0 bridgehead atoms. The molecular weight excluding hydrogens is 565 g/mol. The topological polar surface area (TPSA) is 93.4 Å². The van der Waals surface area contributed by atoms with Crippen LogP contribution in [0, 0.1) is 0 Å². The maximum atomic E-state index is 12.0. The molecule has 6 nitrogen and oxygen atoms in total. The minimum absolute atomic E-state index is 0.210. The van der Waals surface area contributed by atoms with Gasteiger partial charge < -0.3 is 0 Å². The number of carbonyl (C=O) groups is 1. The summed E-state index contributed by atoms with van der Waals surface area (Å²) in [7, 11) is -2.96. The number of anilines is 1. The van der Waals surface area contributed by atoms with Gasteiger partial charge in [0.2, 0.25) is 0 Å². The number of aldehydes is 1. The summed E-state index contributed by atoms with van der Waals surface area (Å²) in [5, 5.41) is -0.210. The fourth-order valence-corrected chi connectivity index (χ4v) is 10.2. The van der Waals surface area contributed by atoms with Gasteiger partial charge in [-0.15, -0.1) is 0 Å². The number of fused-ring (bicyclic) bond motifs is 1. The normalized spacial score (nSPS) is 16.9. The van der Waals surface area contributed by atoms with Gasteiger partial charge in [-0.25, -0.2) is 0 Å². The number of carbonyl (C=O) groups excluding carboxylic acids is 1. The van der Waals surface area contributed by atoms with Gasteiger partial charge in [0.25, 0.3) is 0 Å². The van der Waals surface area contributed by atoms with Gasteiger partial charge >= 0.3 is 217 Å². The molecule has 0 amide bonds. The number of likely N-dealkylation sites (tertiary alicyclic amines) is 1. The molecule has 2 aliphatic heterocycles. The van der Waals surface area contributed by atoms with Gasteiger partial charge in [-0.3, -0.25) is 0 Å². The van der Waals surface area contributed by atoms with E-state index in [1.54, 1.807) is 6.20 Å². The Hall–Kier alpha value is -2.49. The van der Waals surface area contributed by atoms with Gasteiger partial charge in [0.05, 0.1) is 0 Å². The van der Waals surface area contributed by atoms with Crippen LogP contribution in [0.15, 0.2) is 60.8 Å². The zero-order valence-electron chi connectivity index (χ0n) is 19.6. The van der Waals surface area contributed by atoms with Crippen LogP contribution < -0.4 is 9.44 Å². The van der Waals surface area contributed by atoms with E-state index in [9.17, 15) is 13.2 Å². The number of pyridine rings is 1. The molecule has 2 aliphatic rings. The number of piperidine rings is 1. The van der Waals surface area contributed by atoms with Crippen molar-refractivity contribution in [3.8, 4) is 0 Å². The van der Waals surface area contributed by atoms with Gasteiger partial charge in [0, 0.05) is 0 Å². The van der Waals surface area contributed by atoms with Crippen LogP contribution in [0.2, 0.25) is 0 Å². The van der Waals surface area contributed by atoms with E-state index in [0.29, 0.717) is 24.1 Å². The third-order valence-corrected chi connectivity index (χ3v) is 12.6. The third-order valence-electron chi connectivity index (χ3n) is 6.86. The van der Waals surface area contributed by atoms with Crippen LogP contribution in [0.25, 0.3) is 9.16 Å². The molecule has 2 radical (unpaired) electrons. The first-order chi connectivity index (χ1) is 16.8. The quantitative estimate of drug-likeness (QED) is 0.350. The molecule has 0 saturated carbocycles. The predicted molar refractivity (Wildman–Crippen MR) is 141 cm³/mol.